The maximum atomic E-state index is 4.79. The lowest BCUT2D eigenvalue weighted by Crippen LogP contribution is -2.42. The van der Waals surface area contributed by atoms with Crippen molar-refractivity contribution in [3.63, 3.8) is 0 Å². The zero-order valence-electron chi connectivity index (χ0n) is 14.3. The van der Waals surface area contributed by atoms with Crippen LogP contribution in [0.4, 0.5) is 0 Å². The van der Waals surface area contributed by atoms with Gasteiger partial charge < -0.3 is 10.6 Å². The van der Waals surface area contributed by atoms with Crippen molar-refractivity contribution >= 4 is 5.96 Å². The van der Waals surface area contributed by atoms with E-state index in [9.17, 15) is 0 Å². The third-order valence-corrected chi connectivity index (χ3v) is 4.12. The summed E-state index contributed by atoms with van der Waals surface area (Å²) in [6.07, 6.45) is 8.56. The fourth-order valence-electron chi connectivity index (χ4n) is 2.98. The summed E-state index contributed by atoms with van der Waals surface area (Å²) < 4.78 is 2.00. The van der Waals surface area contributed by atoms with Gasteiger partial charge in [0.1, 0.15) is 0 Å². The molecule has 1 aliphatic rings. The van der Waals surface area contributed by atoms with Gasteiger partial charge in [-0.2, -0.15) is 5.10 Å². The Bertz CT molecular complexity index is 533. The van der Waals surface area contributed by atoms with E-state index in [-0.39, 0.29) is 0 Å². The van der Waals surface area contributed by atoms with Crippen LogP contribution in [0.2, 0.25) is 0 Å². The molecule has 0 spiro atoms. The molecule has 1 aromatic rings. The quantitative estimate of drug-likeness (QED) is 0.482. The summed E-state index contributed by atoms with van der Waals surface area (Å²) in [6, 6.07) is 0.475. The molecular formula is C17H29N5. The molecule has 0 saturated carbocycles. The molecule has 2 rings (SSSR count). The van der Waals surface area contributed by atoms with E-state index in [0.717, 1.165) is 38.2 Å². The van der Waals surface area contributed by atoms with Gasteiger partial charge in [-0.25, -0.2) is 4.99 Å². The monoisotopic (exact) mass is 303 g/mol. The standard InChI is InChI=1S/C17H29N5/c1-5-15-14(16(6-2)22(4)21-15)12-19-17(18-7-3)20-13-10-8-9-11-13/h8-9,13H,5-7,10-12H2,1-4H3,(H2,18,19,20). The number of hydrogen-bond donors (Lipinski definition) is 2. The van der Waals surface area contributed by atoms with E-state index in [4.69, 9.17) is 4.99 Å². The molecule has 1 aliphatic carbocycles. The molecule has 0 fully saturated rings. The van der Waals surface area contributed by atoms with Crippen molar-refractivity contribution in [1.29, 1.82) is 0 Å². The highest BCUT2D eigenvalue weighted by Gasteiger charge is 2.15. The molecule has 122 valence electrons. The SMILES string of the molecule is CCNC(=NCc1c(CC)nn(C)c1CC)NC1CC=CC1. The number of nitrogens with zero attached hydrogens (tertiary/aromatic N) is 3. The largest absolute Gasteiger partial charge is 0.357 e. The fourth-order valence-corrected chi connectivity index (χ4v) is 2.98. The van der Waals surface area contributed by atoms with Crippen LogP contribution in [-0.2, 0) is 26.4 Å². The number of aromatic nitrogens is 2. The smallest absolute Gasteiger partial charge is 0.191 e. The Morgan fingerprint density at radius 1 is 1.27 bits per heavy atom. The highest BCUT2D eigenvalue weighted by Crippen LogP contribution is 2.16. The zero-order chi connectivity index (χ0) is 15.9. The summed E-state index contributed by atoms with van der Waals surface area (Å²) in [4.78, 5) is 4.79. The fraction of sp³-hybridized carbons (Fsp3) is 0.647. The second-order valence-electron chi connectivity index (χ2n) is 5.68. The van der Waals surface area contributed by atoms with E-state index in [1.54, 1.807) is 0 Å². The normalized spacial score (nSPS) is 15.5. The third kappa shape index (κ3) is 3.90. The Hall–Kier alpha value is -1.78. The van der Waals surface area contributed by atoms with Gasteiger partial charge in [-0.3, -0.25) is 4.68 Å². The van der Waals surface area contributed by atoms with E-state index in [0.29, 0.717) is 12.6 Å². The van der Waals surface area contributed by atoms with E-state index >= 15 is 0 Å². The highest BCUT2D eigenvalue weighted by molar-refractivity contribution is 5.80. The second kappa shape index (κ2) is 8.01. The number of rotatable bonds is 6. The molecule has 1 aromatic heterocycles. The third-order valence-electron chi connectivity index (χ3n) is 4.12. The number of guanidine groups is 1. The molecule has 2 N–H and O–H groups in total. The van der Waals surface area contributed by atoms with Crippen LogP contribution in [0, 0.1) is 0 Å². The molecule has 5 heteroatoms. The van der Waals surface area contributed by atoms with Gasteiger partial charge >= 0.3 is 0 Å². The Kier molecular flexibility index (Phi) is 6.04. The first kappa shape index (κ1) is 16.6. The predicted molar refractivity (Wildman–Crippen MR) is 92.1 cm³/mol. The first-order valence-electron chi connectivity index (χ1n) is 8.42. The average Bonchev–Trinajstić information content (AvgIpc) is 3.12. The first-order valence-corrected chi connectivity index (χ1v) is 8.42. The number of aryl methyl sites for hydroxylation is 2. The van der Waals surface area contributed by atoms with Gasteiger partial charge in [0.2, 0.25) is 0 Å². The summed E-state index contributed by atoms with van der Waals surface area (Å²) in [5.74, 6) is 0.907. The van der Waals surface area contributed by atoms with E-state index in [2.05, 4.69) is 48.7 Å². The number of nitrogens with one attached hydrogen (secondary N) is 2. The van der Waals surface area contributed by atoms with Crippen molar-refractivity contribution in [2.45, 2.75) is 59.0 Å². The van der Waals surface area contributed by atoms with Gasteiger partial charge in [-0.15, -0.1) is 0 Å². The van der Waals surface area contributed by atoms with Crippen LogP contribution in [0.15, 0.2) is 17.1 Å². The molecule has 0 saturated heterocycles. The van der Waals surface area contributed by atoms with E-state index < -0.39 is 0 Å². The van der Waals surface area contributed by atoms with Crippen LogP contribution in [0.5, 0.6) is 0 Å². The van der Waals surface area contributed by atoms with Gasteiger partial charge in [-0.05, 0) is 32.6 Å². The van der Waals surface area contributed by atoms with Crippen LogP contribution in [-0.4, -0.2) is 28.3 Å². The van der Waals surface area contributed by atoms with Crippen LogP contribution in [0.3, 0.4) is 0 Å². The summed E-state index contributed by atoms with van der Waals surface area (Å²) in [5.41, 5.74) is 3.75. The van der Waals surface area contributed by atoms with E-state index in [1.807, 2.05) is 11.7 Å². The predicted octanol–water partition coefficient (Wildman–Crippen LogP) is 2.32. The van der Waals surface area contributed by atoms with Crippen molar-refractivity contribution in [1.82, 2.24) is 20.4 Å². The maximum absolute atomic E-state index is 4.79. The Labute approximate surface area is 133 Å². The van der Waals surface area contributed by atoms with Gasteiger partial charge in [0.25, 0.3) is 0 Å². The number of aliphatic imine (C=N–C) groups is 1. The summed E-state index contributed by atoms with van der Waals surface area (Å²) in [6.45, 7) is 8.00. The van der Waals surface area contributed by atoms with Crippen LogP contribution < -0.4 is 10.6 Å². The molecule has 1 heterocycles. The minimum atomic E-state index is 0.475. The highest BCUT2D eigenvalue weighted by atomic mass is 15.3. The van der Waals surface area contributed by atoms with Crippen molar-refractivity contribution in [3.8, 4) is 0 Å². The zero-order valence-corrected chi connectivity index (χ0v) is 14.3. The van der Waals surface area contributed by atoms with Gasteiger partial charge in [0.05, 0.1) is 12.2 Å². The molecule has 0 unspecified atom stereocenters. The van der Waals surface area contributed by atoms with Crippen LogP contribution in [0.1, 0.15) is 50.6 Å². The maximum Gasteiger partial charge on any atom is 0.191 e. The lowest BCUT2D eigenvalue weighted by Gasteiger charge is -2.16. The first-order chi connectivity index (χ1) is 10.7. The molecular weight excluding hydrogens is 274 g/mol. The van der Waals surface area contributed by atoms with Crippen molar-refractivity contribution in [2.75, 3.05) is 6.54 Å². The summed E-state index contributed by atoms with van der Waals surface area (Å²) >= 11 is 0. The molecule has 0 radical (unpaired) electrons. The lowest BCUT2D eigenvalue weighted by molar-refractivity contribution is 0.633. The molecule has 0 atom stereocenters. The second-order valence-corrected chi connectivity index (χ2v) is 5.68. The van der Waals surface area contributed by atoms with Crippen LogP contribution in [0.25, 0.3) is 0 Å². The average molecular weight is 303 g/mol. The lowest BCUT2D eigenvalue weighted by atomic mass is 10.1. The summed E-state index contributed by atoms with van der Waals surface area (Å²) in [5, 5.41) is 11.5. The molecule has 0 bridgehead atoms. The van der Waals surface area contributed by atoms with Crippen LogP contribution >= 0.6 is 0 Å². The summed E-state index contributed by atoms with van der Waals surface area (Å²) in [7, 11) is 2.03. The van der Waals surface area contributed by atoms with Crippen molar-refractivity contribution < 1.29 is 0 Å². The Morgan fingerprint density at radius 2 is 2.00 bits per heavy atom. The topological polar surface area (TPSA) is 54.2 Å². The minimum absolute atomic E-state index is 0.475. The van der Waals surface area contributed by atoms with Crippen molar-refractivity contribution in [3.05, 3.63) is 29.1 Å². The molecule has 0 aromatic carbocycles. The van der Waals surface area contributed by atoms with Gasteiger partial charge in [-0.1, -0.05) is 26.0 Å². The molecule has 0 aliphatic heterocycles. The molecule has 0 amide bonds. The van der Waals surface area contributed by atoms with E-state index in [1.165, 1.54) is 17.0 Å². The van der Waals surface area contributed by atoms with Gasteiger partial charge in [0, 0.05) is 30.9 Å². The molecule has 22 heavy (non-hydrogen) atoms. The van der Waals surface area contributed by atoms with Crippen molar-refractivity contribution in [2.24, 2.45) is 12.0 Å². The minimum Gasteiger partial charge on any atom is -0.357 e. The Morgan fingerprint density at radius 3 is 2.59 bits per heavy atom. The van der Waals surface area contributed by atoms with Gasteiger partial charge in [0.15, 0.2) is 5.96 Å². The molecule has 5 nitrogen and oxygen atoms in total. The number of hydrogen-bond acceptors (Lipinski definition) is 2. The Balaban J connectivity index is 2.12.